The van der Waals surface area contributed by atoms with Crippen LogP contribution in [0.4, 0.5) is 0 Å². The van der Waals surface area contributed by atoms with Gasteiger partial charge in [0.05, 0.1) is 12.2 Å². The molecule has 3 rings (SSSR count). The van der Waals surface area contributed by atoms with Gasteiger partial charge in [-0.25, -0.2) is 4.98 Å². The Balaban J connectivity index is 1.87. The van der Waals surface area contributed by atoms with Gasteiger partial charge in [-0.05, 0) is 31.4 Å². The van der Waals surface area contributed by atoms with Crippen LogP contribution >= 0.6 is 11.3 Å². The van der Waals surface area contributed by atoms with Crippen LogP contribution < -0.4 is 0 Å². The Hall–Kier alpha value is -1.87. The Bertz CT molecular complexity index is 766. The van der Waals surface area contributed by atoms with Crippen molar-refractivity contribution in [2.75, 3.05) is 0 Å². The number of thiazole rings is 1. The Morgan fingerprint density at radius 2 is 1.86 bits per heavy atom. The van der Waals surface area contributed by atoms with Crippen LogP contribution in [0.25, 0.3) is 10.6 Å². The molecule has 2 nitrogen and oxygen atoms in total. The number of benzene rings is 1. The summed E-state index contributed by atoms with van der Waals surface area (Å²) in [5, 5.41) is 3.28. The third kappa shape index (κ3) is 2.86. The highest BCUT2D eigenvalue weighted by Crippen LogP contribution is 2.26. The zero-order valence-electron chi connectivity index (χ0n) is 13.6. The molecule has 0 amide bonds. The lowest BCUT2D eigenvalue weighted by atomic mass is 10.0. The summed E-state index contributed by atoms with van der Waals surface area (Å²) in [6.07, 6.45) is 0. The number of nitrogens with zero attached hydrogens (tertiary/aromatic N) is 2. The second-order valence-corrected chi connectivity index (χ2v) is 6.94. The molecule has 0 bridgehead atoms. The van der Waals surface area contributed by atoms with Gasteiger partial charge in [0.25, 0.3) is 0 Å². The zero-order chi connectivity index (χ0) is 15.7. The van der Waals surface area contributed by atoms with E-state index in [0.29, 0.717) is 5.92 Å². The van der Waals surface area contributed by atoms with E-state index >= 15 is 0 Å². The molecule has 22 heavy (non-hydrogen) atoms. The first kappa shape index (κ1) is 15.0. The summed E-state index contributed by atoms with van der Waals surface area (Å²) in [5.74, 6) is 0.565. The van der Waals surface area contributed by atoms with Crippen LogP contribution in [0, 0.1) is 13.8 Å². The van der Waals surface area contributed by atoms with Gasteiger partial charge in [-0.3, -0.25) is 0 Å². The minimum atomic E-state index is 0.565. The fourth-order valence-corrected chi connectivity index (χ4v) is 3.73. The van der Waals surface area contributed by atoms with Crippen molar-refractivity contribution in [1.29, 1.82) is 0 Å². The van der Waals surface area contributed by atoms with Gasteiger partial charge in [0.15, 0.2) is 0 Å². The minimum Gasteiger partial charge on any atom is -0.343 e. The number of hydrogen-bond donors (Lipinski definition) is 0. The van der Waals surface area contributed by atoms with E-state index < -0.39 is 0 Å². The third-order valence-electron chi connectivity index (χ3n) is 4.13. The van der Waals surface area contributed by atoms with Gasteiger partial charge in [0.2, 0.25) is 0 Å². The van der Waals surface area contributed by atoms with E-state index in [9.17, 15) is 0 Å². The van der Waals surface area contributed by atoms with Crippen LogP contribution in [0.3, 0.4) is 0 Å². The fraction of sp³-hybridized carbons (Fsp3) is 0.316. The van der Waals surface area contributed by atoms with Crippen LogP contribution in [-0.2, 0) is 6.54 Å². The molecule has 0 spiro atoms. The summed E-state index contributed by atoms with van der Waals surface area (Å²) < 4.78 is 2.37. The van der Waals surface area contributed by atoms with Crippen LogP contribution in [0.15, 0.2) is 41.8 Å². The first-order valence-corrected chi connectivity index (χ1v) is 8.60. The molecule has 0 N–H and O–H groups in total. The lowest BCUT2D eigenvalue weighted by Gasteiger charge is -2.09. The van der Waals surface area contributed by atoms with Crippen molar-refractivity contribution < 1.29 is 0 Å². The monoisotopic (exact) mass is 310 g/mol. The summed E-state index contributed by atoms with van der Waals surface area (Å²) in [6, 6.07) is 12.7. The van der Waals surface area contributed by atoms with Crippen molar-refractivity contribution in [3.05, 3.63) is 64.4 Å². The predicted octanol–water partition coefficient (Wildman–Crippen LogP) is 5.40. The first-order valence-electron chi connectivity index (χ1n) is 7.72. The van der Waals surface area contributed by atoms with E-state index in [1.54, 1.807) is 11.3 Å². The van der Waals surface area contributed by atoms with E-state index in [4.69, 9.17) is 4.98 Å². The fourth-order valence-electron chi connectivity index (χ4n) is 2.91. The molecule has 3 aromatic rings. The van der Waals surface area contributed by atoms with Crippen molar-refractivity contribution in [3.63, 3.8) is 0 Å². The van der Waals surface area contributed by atoms with Crippen molar-refractivity contribution in [2.45, 2.75) is 40.2 Å². The summed E-state index contributed by atoms with van der Waals surface area (Å²) in [4.78, 5) is 4.81. The highest BCUT2D eigenvalue weighted by molar-refractivity contribution is 7.13. The highest BCUT2D eigenvalue weighted by atomic mass is 32.1. The summed E-state index contributed by atoms with van der Waals surface area (Å²) in [7, 11) is 0. The van der Waals surface area contributed by atoms with Gasteiger partial charge >= 0.3 is 0 Å². The molecule has 0 unspecified atom stereocenters. The van der Waals surface area contributed by atoms with E-state index in [2.05, 4.69) is 68.0 Å². The van der Waals surface area contributed by atoms with Gasteiger partial charge < -0.3 is 4.57 Å². The minimum absolute atomic E-state index is 0.565. The van der Waals surface area contributed by atoms with Crippen molar-refractivity contribution >= 4 is 11.3 Å². The lowest BCUT2D eigenvalue weighted by Crippen LogP contribution is -2.05. The molecule has 0 aliphatic heterocycles. The highest BCUT2D eigenvalue weighted by Gasteiger charge is 2.13. The number of hydrogen-bond acceptors (Lipinski definition) is 2. The third-order valence-corrected chi connectivity index (χ3v) is 5.07. The van der Waals surface area contributed by atoms with Crippen LogP contribution in [-0.4, -0.2) is 9.55 Å². The molecular formula is C19H22N2S. The average molecular weight is 310 g/mol. The molecular weight excluding hydrogens is 288 g/mol. The smallest absolute Gasteiger partial charge is 0.123 e. The molecule has 2 aromatic heterocycles. The molecule has 0 radical (unpaired) electrons. The normalized spacial score (nSPS) is 11.3. The Labute approximate surface area is 136 Å². The Morgan fingerprint density at radius 3 is 2.50 bits per heavy atom. The number of rotatable bonds is 4. The molecule has 1 aromatic carbocycles. The van der Waals surface area contributed by atoms with Gasteiger partial charge in [-0.2, -0.15) is 0 Å². The summed E-state index contributed by atoms with van der Waals surface area (Å²) in [5.41, 5.74) is 6.46. The molecule has 0 saturated heterocycles. The first-order chi connectivity index (χ1) is 10.6. The number of aryl methyl sites for hydroxylation is 1. The van der Waals surface area contributed by atoms with Crippen molar-refractivity contribution in [2.24, 2.45) is 0 Å². The van der Waals surface area contributed by atoms with E-state index in [-0.39, 0.29) is 0 Å². The topological polar surface area (TPSA) is 17.8 Å². The molecule has 0 fully saturated rings. The largest absolute Gasteiger partial charge is 0.343 e. The average Bonchev–Trinajstić information content (AvgIpc) is 3.08. The molecule has 2 heterocycles. The van der Waals surface area contributed by atoms with Crippen LogP contribution in [0.2, 0.25) is 0 Å². The maximum absolute atomic E-state index is 4.81. The molecule has 3 heteroatoms. The second-order valence-electron chi connectivity index (χ2n) is 6.08. The van der Waals surface area contributed by atoms with E-state index in [1.807, 2.05) is 6.07 Å². The Morgan fingerprint density at radius 1 is 1.14 bits per heavy atom. The Kier molecular flexibility index (Phi) is 4.16. The number of aromatic nitrogens is 2. The second kappa shape index (κ2) is 6.09. The molecule has 0 aliphatic carbocycles. The molecule has 0 aliphatic rings. The van der Waals surface area contributed by atoms with E-state index in [0.717, 1.165) is 17.2 Å². The summed E-state index contributed by atoms with van der Waals surface area (Å²) in [6.45, 7) is 9.76. The zero-order valence-corrected chi connectivity index (χ0v) is 14.4. The maximum atomic E-state index is 4.81. The summed E-state index contributed by atoms with van der Waals surface area (Å²) >= 11 is 1.72. The van der Waals surface area contributed by atoms with E-state index in [1.165, 1.54) is 22.5 Å². The van der Waals surface area contributed by atoms with Gasteiger partial charge in [0.1, 0.15) is 5.01 Å². The predicted molar refractivity (Wildman–Crippen MR) is 94.6 cm³/mol. The van der Waals surface area contributed by atoms with Gasteiger partial charge in [-0.15, -0.1) is 11.3 Å². The quantitative estimate of drug-likeness (QED) is 0.631. The molecule has 0 atom stereocenters. The maximum Gasteiger partial charge on any atom is 0.123 e. The SMILES string of the molecule is Cc1cc(C(C)C)c(C)n1Cc1csc(-c2ccccc2)n1. The van der Waals surface area contributed by atoms with Gasteiger partial charge in [0, 0.05) is 22.3 Å². The van der Waals surface area contributed by atoms with Crippen LogP contribution in [0.1, 0.15) is 42.4 Å². The molecule has 114 valence electrons. The van der Waals surface area contributed by atoms with Crippen molar-refractivity contribution in [3.8, 4) is 10.6 Å². The lowest BCUT2D eigenvalue weighted by molar-refractivity contribution is 0.724. The molecule has 0 saturated carbocycles. The van der Waals surface area contributed by atoms with Crippen molar-refractivity contribution in [1.82, 2.24) is 9.55 Å². The van der Waals surface area contributed by atoms with Gasteiger partial charge in [-0.1, -0.05) is 44.2 Å². The van der Waals surface area contributed by atoms with Crippen LogP contribution in [0.5, 0.6) is 0 Å². The standard InChI is InChI=1S/C19H22N2S/c1-13(2)18-10-14(3)21(15(18)4)11-17-12-22-19(20-17)16-8-6-5-7-9-16/h5-10,12-13H,11H2,1-4H3.